The number of aromatic nitrogens is 1. The van der Waals surface area contributed by atoms with Crippen molar-refractivity contribution >= 4 is 27.4 Å². The van der Waals surface area contributed by atoms with Gasteiger partial charge in [0.05, 0.1) is 5.02 Å². The topological polar surface area (TPSA) is 62.3 Å². The minimum Gasteiger partial charge on any atom is -0.317 e. The van der Waals surface area contributed by atoms with Crippen molar-refractivity contribution in [3.63, 3.8) is 0 Å². The molecule has 0 bridgehead atoms. The average molecular weight is 366 g/mol. The zero-order chi connectivity index (χ0) is 17.2. The molecule has 0 atom stereocenters. The average Bonchev–Trinajstić information content (AvgIpc) is 2.56. The van der Waals surface area contributed by atoms with Crippen LogP contribution in [0.3, 0.4) is 0 Å². The highest BCUT2D eigenvalue weighted by atomic mass is 35.5. The highest BCUT2D eigenvalue weighted by Gasteiger charge is 2.34. The molecule has 1 N–H and O–H groups in total. The van der Waals surface area contributed by atoms with Crippen LogP contribution in [0.25, 0.3) is 0 Å². The molecule has 0 saturated carbocycles. The number of nitrogens with zero attached hydrogens (tertiary/aromatic N) is 2. The van der Waals surface area contributed by atoms with E-state index in [0.29, 0.717) is 5.82 Å². The van der Waals surface area contributed by atoms with Crippen LogP contribution in [0, 0.1) is 6.92 Å². The summed E-state index contributed by atoms with van der Waals surface area (Å²) < 4.78 is 28.1. The van der Waals surface area contributed by atoms with Crippen LogP contribution in [0.15, 0.2) is 47.4 Å². The Hall–Kier alpha value is -1.63. The molecular formula is C17H20ClN3O2S. The van der Waals surface area contributed by atoms with Crippen molar-refractivity contribution in [1.29, 1.82) is 0 Å². The molecule has 0 radical (unpaired) electrons. The number of benzene rings is 1. The third-order valence-electron chi connectivity index (χ3n) is 4.11. The first-order valence-electron chi connectivity index (χ1n) is 7.93. The summed E-state index contributed by atoms with van der Waals surface area (Å²) in [6.07, 6.45) is 1.47. The number of piperidine rings is 1. The largest absolute Gasteiger partial charge is 0.317 e. The minimum absolute atomic E-state index is 0.119. The Bertz CT molecular complexity index is 820. The van der Waals surface area contributed by atoms with Crippen molar-refractivity contribution in [2.24, 2.45) is 0 Å². The van der Waals surface area contributed by atoms with Crippen molar-refractivity contribution in [3.05, 3.63) is 53.2 Å². The highest BCUT2D eigenvalue weighted by Crippen LogP contribution is 2.31. The smallest absolute Gasteiger partial charge is 0.267 e. The standard InChI is InChI=1S/C17H20ClN3O2S/c1-13-5-4-8-17(20-13)21(14-9-11-19-12-10-14)24(22,23)16-7-3-2-6-15(16)18/h2-8,14,19H,9-12H2,1H3. The molecule has 5 nitrogen and oxygen atoms in total. The fourth-order valence-electron chi connectivity index (χ4n) is 2.96. The van der Waals surface area contributed by atoms with Crippen LogP contribution in [0.2, 0.25) is 5.02 Å². The monoisotopic (exact) mass is 365 g/mol. The van der Waals surface area contributed by atoms with E-state index in [9.17, 15) is 8.42 Å². The van der Waals surface area contributed by atoms with Gasteiger partial charge in [0.2, 0.25) is 0 Å². The molecule has 1 aromatic heterocycles. The minimum atomic E-state index is -3.79. The van der Waals surface area contributed by atoms with E-state index in [0.717, 1.165) is 31.6 Å². The summed E-state index contributed by atoms with van der Waals surface area (Å²) in [6.45, 7) is 3.42. The summed E-state index contributed by atoms with van der Waals surface area (Å²) in [6, 6.07) is 11.8. The molecule has 1 fully saturated rings. The highest BCUT2D eigenvalue weighted by molar-refractivity contribution is 7.93. The summed E-state index contributed by atoms with van der Waals surface area (Å²) in [5.41, 5.74) is 0.779. The van der Waals surface area contributed by atoms with Gasteiger partial charge in [0.1, 0.15) is 10.7 Å². The molecule has 0 amide bonds. The van der Waals surface area contributed by atoms with E-state index in [4.69, 9.17) is 11.6 Å². The van der Waals surface area contributed by atoms with E-state index < -0.39 is 10.0 Å². The lowest BCUT2D eigenvalue weighted by atomic mass is 10.1. The Morgan fingerprint density at radius 2 is 1.83 bits per heavy atom. The molecular weight excluding hydrogens is 346 g/mol. The van der Waals surface area contributed by atoms with Gasteiger partial charge in [-0.3, -0.25) is 0 Å². The molecule has 2 aromatic rings. The summed E-state index contributed by atoms with van der Waals surface area (Å²) in [7, 11) is -3.79. The molecule has 1 aliphatic rings. The number of rotatable bonds is 4. The second kappa shape index (κ2) is 7.09. The Kier molecular flexibility index (Phi) is 5.08. The number of pyridine rings is 1. The molecule has 24 heavy (non-hydrogen) atoms. The number of hydrogen-bond donors (Lipinski definition) is 1. The van der Waals surface area contributed by atoms with Crippen LogP contribution in [0.4, 0.5) is 5.82 Å². The SMILES string of the molecule is Cc1cccc(N(C2CCNCC2)S(=O)(=O)c2ccccc2Cl)n1. The predicted molar refractivity (Wildman–Crippen MR) is 96.0 cm³/mol. The summed E-state index contributed by atoms with van der Waals surface area (Å²) >= 11 is 6.17. The lowest BCUT2D eigenvalue weighted by Crippen LogP contribution is -2.46. The second-order valence-electron chi connectivity index (χ2n) is 5.85. The zero-order valence-electron chi connectivity index (χ0n) is 13.4. The number of nitrogens with one attached hydrogen (secondary N) is 1. The molecule has 1 aromatic carbocycles. The zero-order valence-corrected chi connectivity index (χ0v) is 15.0. The van der Waals surface area contributed by atoms with Crippen LogP contribution in [-0.2, 0) is 10.0 Å². The second-order valence-corrected chi connectivity index (χ2v) is 8.04. The molecule has 2 heterocycles. The first-order chi connectivity index (χ1) is 11.5. The maximum absolute atomic E-state index is 13.3. The molecule has 0 aliphatic carbocycles. The fraction of sp³-hybridized carbons (Fsp3) is 0.353. The molecule has 7 heteroatoms. The van der Waals surface area contributed by atoms with Crippen molar-refractivity contribution in [2.45, 2.75) is 30.7 Å². The van der Waals surface area contributed by atoms with Gasteiger partial charge in [0, 0.05) is 11.7 Å². The van der Waals surface area contributed by atoms with Gasteiger partial charge < -0.3 is 5.32 Å². The van der Waals surface area contributed by atoms with Crippen LogP contribution in [-0.4, -0.2) is 32.5 Å². The summed E-state index contributed by atoms with van der Waals surface area (Å²) in [5, 5.41) is 3.49. The first kappa shape index (κ1) is 17.2. The van der Waals surface area contributed by atoms with E-state index in [-0.39, 0.29) is 16.0 Å². The van der Waals surface area contributed by atoms with Crippen LogP contribution < -0.4 is 9.62 Å². The van der Waals surface area contributed by atoms with Gasteiger partial charge in [0.25, 0.3) is 10.0 Å². The van der Waals surface area contributed by atoms with Crippen LogP contribution in [0.1, 0.15) is 18.5 Å². The number of aryl methyl sites for hydroxylation is 1. The maximum atomic E-state index is 13.3. The van der Waals surface area contributed by atoms with Gasteiger partial charge in [-0.25, -0.2) is 17.7 Å². The number of hydrogen-bond acceptors (Lipinski definition) is 4. The van der Waals surface area contributed by atoms with Crippen molar-refractivity contribution in [3.8, 4) is 0 Å². The van der Waals surface area contributed by atoms with Gasteiger partial charge in [-0.2, -0.15) is 0 Å². The summed E-state index contributed by atoms with van der Waals surface area (Å²) in [5.74, 6) is 0.446. The first-order valence-corrected chi connectivity index (χ1v) is 9.75. The molecule has 3 rings (SSSR count). The van der Waals surface area contributed by atoms with Gasteiger partial charge in [-0.1, -0.05) is 29.8 Å². The van der Waals surface area contributed by atoms with Gasteiger partial charge >= 0.3 is 0 Å². The van der Waals surface area contributed by atoms with E-state index >= 15 is 0 Å². The summed E-state index contributed by atoms with van der Waals surface area (Å²) in [4.78, 5) is 4.57. The fourth-order valence-corrected chi connectivity index (χ4v) is 5.12. The normalized spacial score (nSPS) is 16.1. The molecule has 1 saturated heterocycles. The Morgan fingerprint density at radius 3 is 2.50 bits per heavy atom. The Labute approximate surface area is 147 Å². The third kappa shape index (κ3) is 3.41. The van der Waals surface area contributed by atoms with Gasteiger partial charge in [-0.15, -0.1) is 0 Å². The van der Waals surface area contributed by atoms with E-state index in [2.05, 4.69) is 10.3 Å². The van der Waals surface area contributed by atoms with E-state index in [1.54, 1.807) is 30.3 Å². The lowest BCUT2D eigenvalue weighted by Gasteiger charge is -2.34. The molecule has 0 unspecified atom stereocenters. The molecule has 128 valence electrons. The quantitative estimate of drug-likeness (QED) is 0.904. The van der Waals surface area contributed by atoms with E-state index in [1.165, 1.54) is 4.31 Å². The third-order valence-corrected chi connectivity index (χ3v) is 6.47. The van der Waals surface area contributed by atoms with Crippen molar-refractivity contribution in [2.75, 3.05) is 17.4 Å². The lowest BCUT2D eigenvalue weighted by molar-refractivity contribution is 0.452. The maximum Gasteiger partial charge on any atom is 0.267 e. The van der Waals surface area contributed by atoms with Crippen molar-refractivity contribution < 1.29 is 8.42 Å². The number of halogens is 1. The van der Waals surface area contributed by atoms with Crippen LogP contribution >= 0.6 is 11.6 Å². The van der Waals surface area contributed by atoms with Crippen molar-refractivity contribution in [1.82, 2.24) is 10.3 Å². The van der Waals surface area contributed by atoms with Gasteiger partial charge in [0.15, 0.2) is 0 Å². The van der Waals surface area contributed by atoms with Crippen LogP contribution in [0.5, 0.6) is 0 Å². The predicted octanol–water partition coefficient (Wildman–Crippen LogP) is 2.99. The number of anilines is 1. The molecule has 0 spiro atoms. The Morgan fingerprint density at radius 1 is 1.12 bits per heavy atom. The van der Waals surface area contributed by atoms with E-state index in [1.807, 2.05) is 19.1 Å². The van der Waals surface area contributed by atoms with Gasteiger partial charge in [-0.05, 0) is 57.1 Å². The molecule has 1 aliphatic heterocycles. The Balaban J connectivity index is 2.12. The number of sulfonamides is 1.